The molecule has 1 aromatic rings. The number of carboxylic acids is 1. The van der Waals surface area contributed by atoms with Gasteiger partial charge in [0, 0.05) is 13.8 Å². The molecule has 0 aromatic carbocycles. The fourth-order valence-electron chi connectivity index (χ4n) is 1.67. The second-order valence-corrected chi connectivity index (χ2v) is 3.49. The largest absolute Gasteiger partial charge is 0.478 e. The number of nitrogens with zero attached hydrogens (tertiary/aromatic N) is 2. The molecule has 0 spiro atoms. The molecule has 0 amide bonds. The average molecular weight is 197 g/mol. The van der Waals surface area contributed by atoms with Crippen LogP contribution < -0.4 is 4.57 Å². The lowest BCUT2D eigenvalue weighted by molar-refractivity contribution is -0.691. The predicted octanol–water partition coefficient (Wildman–Crippen LogP) is 0.887. The molecule has 0 aliphatic rings. The molecule has 14 heavy (non-hydrogen) atoms. The first kappa shape index (κ1) is 10.8. The summed E-state index contributed by atoms with van der Waals surface area (Å²) in [7, 11) is 0. The molecule has 4 nitrogen and oxygen atoms in total. The van der Waals surface area contributed by atoms with E-state index in [2.05, 4.69) is 11.5 Å². The van der Waals surface area contributed by atoms with Crippen LogP contribution in [0.15, 0.2) is 6.20 Å². The minimum absolute atomic E-state index is 0.0450. The lowest BCUT2D eigenvalue weighted by atomic mass is 10.4. The molecule has 1 heterocycles. The molecular formula is C10H17N2O2+. The molecule has 1 aromatic heterocycles. The van der Waals surface area contributed by atoms with E-state index in [1.165, 1.54) is 0 Å². The summed E-state index contributed by atoms with van der Waals surface area (Å²) in [6, 6.07) is 0. The van der Waals surface area contributed by atoms with E-state index < -0.39 is 5.97 Å². The normalized spacial score (nSPS) is 10.5. The van der Waals surface area contributed by atoms with Gasteiger partial charge in [-0.3, -0.25) is 0 Å². The standard InChI is InChI=1S/C10H16N2O2/c1-4-5-12-8(2)6-11(9(12)3)7-10(13)14/h6H,4-5,7H2,1-3H3/p+1. The summed E-state index contributed by atoms with van der Waals surface area (Å²) >= 11 is 0. The Kier molecular flexibility index (Phi) is 3.28. The Labute approximate surface area is 83.8 Å². The van der Waals surface area contributed by atoms with Gasteiger partial charge in [-0.05, 0) is 6.42 Å². The van der Waals surface area contributed by atoms with Crippen LogP contribution in [0.5, 0.6) is 0 Å². The zero-order valence-corrected chi connectivity index (χ0v) is 8.95. The maximum absolute atomic E-state index is 10.6. The van der Waals surface area contributed by atoms with Crippen molar-refractivity contribution in [3.8, 4) is 0 Å². The Morgan fingerprint density at radius 3 is 2.71 bits per heavy atom. The van der Waals surface area contributed by atoms with Crippen molar-refractivity contribution in [2.24, 2.45) is 0 Å². The topological polar surface area (TPSA) is 46.1 Å². The zero-order valence-electron chi connectivity index (χ0n) is 8.95. The van der Waals surface area contributed by atoms with Crippen molar-refractivity contribution in [1.82, 2.24) is 4.57 Å². The second kappa shape index (κ2) is 4.26. The van der Waals surface area contributed by atoms with Crippen LogP contribution in [0, 0.1) is 13.8 Å². The van der Waals surface area contributed by atoms with Crippen molar-refractivity contribution in [2.75, 3.05) is 0 Å². The van der Waals surface area contributed by atoms with Crippen molar-refractivity contribution >= 4 is 5.97 Å². The summed E-state index contributed by atoms with van der Waals surface area (Å²) in [6.45, 7) is 7.06. The molecule has 0 atom stereocenters. The number of hydrogen-bond donors (Lipinski definition) is 1. The second-order valence-electron chi connectivity index (χ2n) is 3.49. The van der Waals surface area contributed by atoms with Crippen LogP contribution in [0.1, 0.15) is 24.9 Å². The Balaban J connectivity index is 2.97. The molecule has 4 heteroatoms. The number of rotatable bonds is 4. The number of hydrogen-bond acceptors (Lipinski definition) is 1. The van der Waals surface area contributed by atoms with E-state index in [1.807, 2.05) is 20.0 Å². The van der Waals surface area contributed by atoms with E-state index in [-0.39, 0.29) is 6.54 Å². The van der Waals surface area contributed by atoms with Crippen LogP contribution in [0.4, 0.5) is 0 Å². The summed E-state index contributed by atoms with van der Waals surface area (Å²) in [4.78, 5) is 10.6. The van der Waals surface area contributed by atoms with Gasteiger partial charge in [0.05, 0.1) is 6.54 Å². The monoisotopic (exact) mass is 197 g/mol. The third kappa shape index (κ3) is 2.13. The molecule has 1 N–H and O–H groups in total. The van der Waals surface area contributed by atoms with E-state index >= 15 is 0 Å². The molecule has 0 radical (unpaired) electrons. The highest BCUT2D eigenvalue weighted by Gasteiger charge is 2.17. The molecule has 0 saturated carbocycles. The maximum atomic E-state index is 10.6. The molecule has 78 valence electrons. The summed E-state index contributed by atoms with van der Waals surface area (Å²) in [6.07, 6.45) is 2.95. The van der Waals surface area contributed by atoms with Gasteiger partial charge in [-0.15, -0.1) is 0 Å². The van der Waals surface area contributed by atoms with E-state index in [0.717, 1.165) is 24.5 Å². The van der Waals surface area contributed by atoms with Gasteiger partial charge in [-0.1, -0.05) is 6.92 Å². The molecular weight excluding hydrogens is 180 g/mol. The first-order chi connectivity index (χ1) is 6.56. The van der Waals surface area contributed by atoms with Crippen LogP contribution in [0.3, 0.4) is 0 Å². The van der Waals surface area contributed by atoms with Crippen molar-refractivity contribution in [1.29, 1.82) is 0 Å². The highest BCUT2D eigenvalue weighted by Crippen LogP contribution is 2.02. The van der Waals surface area contributed by atoms with E-state index in [9.17, 15) is 4.79 Å². The number of aromatic nitrogens is 2. The lowest BCUT2D eigenvalue weighted by Crippen LogP contribution is -2.39. The molecule has 0 bridgehead atoms. The van der Waals surface area contributed by atoms with Crippen LogP contribution in [-0.2, 0) is 17.9 Å². The van der Waals surface area contributed by atoms with Gasteiger partial charge in [0.25, 0.3) is 5.82 Å². The third-order valence-electron chi connectivity index (χ3n) is 2.33. The van der Waals surface area contributed by atoms with Crippen molar-refractivity contribution < 1.29 is 14.5 Å². The Morgan fingerprint density at radius 2 is 2.21 bits per heavy atom. The van der Waals surface area contributed by atoms with Crippen LogP contribution in [-0.4, -0.2) is 15.6 Å². The van der Waals surface area contributed by atoms with Gasteiger partial charge in [0.15, 0.2) is 6.54 Å². The lowest BCUT2D eigenvalue weighted by Gasteiger charge is -1.98. The Bertz CT molecular complexity index is 342. The molecule has 0 aliphatic carbocycles. The average Bonchev–Trinajstić information content (AvgIpc) is 2.32. The third-order valence-corrected chi connectivity index (χ3v) is 2.33. The minimum Gasteiger partial charge on any atom is -0.478 e. The fourth-order valence-corrected chi connectivity index (χ4v) is 1.67. The summed E-state index contributed by atoms with van der Waals surface area (Å²) < 4.78 is 3.91. The Morgan fingerprint density at radius 1 is 1.57 bits per heavy atom. The van der Waals surface area contributed by atoms with Gasteiger partial charge in [0.1, 0.15) is 11.9 Å². The smallest absolute Gasteiger partial charge is 0.346 e. The summed E-state index contributed by atoms with van der Waals surface area (Å²) in [5.41, 5.74) is 1.12. The minimum atomic E-state index is -0.799. The highest BCUT2D eigenvalue weighted by atomic mass is 16.4. The molecule has 0 fully saturated rings. The first-order valence-electron chi connectivity index (χ1n) is 4.84. The maximum Gasteiger partial charge on any atom is 0.346 e. The number of carbonyl (C=O) groups is 1. The SMILES string of the molecule is CCCn1c(C)c[n+](CC(=O)O)c1C. The van der Waals surface area contributed by atoms with Crippen molar-refractivity contribution in [3.63, 3.8) is 0 Å². The first-order valence-corrected chi connectivity index (χ1v) is 4.84. The molecule has 1 rings (SSSR count). The van der Waals surface area contributed by atoms with Crippen LogP contribution in [0.2, 0.25) is 0 Å². The summed E-state index contributed by atoms with van der Waals surface area (Å²) in [5, 5.41) is 8.69. The van der Waals surface area contributed by atoms with Gasteiger partial charge in [-0.2, -0.15) is 0 Å². The van der Waals surface area contributed by atoms with Gasteiger partial charge < -0.3 is 5.11 Å². The number of aliphatic carboxylic acids is 1. The van der Waals surface area contributed by atoms with Crippen molar-refractivity contribution in [3.05, 3.63) is 17.7 Å². The van der Waals surface area contributed by atoms with E-state index in [4.69, 9.17) is 5.11 Å². The summed E-state index contributed by atoms with van der Waals surface area (Å²) in [5.74, 6) is 0.207. The van der Waals surface area contributed by atoms with Gasteiger partial charge >= 0.3 is 5.97 Å². The quantitative estimate of drug-likeness (QED) is 0.728. The predicted molar refractivity (Wildman–Crippen MR) is 52.0 cm³/mol. The van der Waals surface area contributed by atoms with E-state index in [1.54, 1.807) is 4.57 Å². The number of aryl methyl sites for hydroxylation is 1. The molecule has 0 unspecified atom stereocenters. The molecule has 0 aliphatic heterocycles. The number of imidazole rings is 1. The molecule has 0 saturated heterocycles. The van der Waals surface area contributed by atoms with Gasteiger partial charge in [0.2, 0.25) is 0 Å². The number of carboxylic acid groups (broad SMARTS) is 1. The van der Waals surface area contributed by atoms with Gasteiger partial charge in [-0.25, -0.2) is 13.9 Å². The fraction of sp³-hybridized carbons (Fsp3) is 0.600. The van der Waals surface area contributed by atoms with E-state index in [0.29, 0.717) is 0 Å². The Hall–Kier alpha value is -1.32. The van der Waals surface area contributed by atoms with Crippen LogP contribution >= 0.6 is 0 Å². The zero-order chi connectivity index (χ0) is 10.7. The highest BCUT2D eigenvalue weighted by molar-refractivity contribution is 5.64. The van der Waals surface area contributed by atoms with Crippen LogP contribution in [0.25, 0.3) is 0 Å². The van der Waals surface area contributed by atoms with Crippen molar-refractivity contribution in [2.45, 2.75) is 40.3 Å².